The van der Waals surface area contributed by atoms with E-state index in [2.05, 4.69) is 15.7 Å². The topological polar surface area (TPSA) is 79.2 Å². The molecule has 126 valence electrons. The molecule has 7 heteroatoms. The first kappa shape index (κ1) is 16.5. The summed E-state index contributed by atoms with van der Waals surface area (Å²) in [6.07, 6.45) is 7.94. The first-order chi connectivity index (χ1) is 11.6. The molecular weight excluding hydrogens is 328 g/mol. The van der Waals surface area contributed by atoms with Gasteiger partial charge >= 0.3 is 6.03 Å². The second kappa shape index (κ2) is 7.51. The summed E-state index contributed by atoms with van der Waals surface area (Å²) in [5, 5.41) is 19.7. The fourth-order valence-electron chi connectivity index (χ4n) is 2.64. The number of benzene rings is 1. The first-order valence-electron chi connectivity index (χ1n) is 7.76. The molecule has 1 aliphatic rings. The van der Waals surface area contributed by atoms with Crippen molar-refractivity contribution in [2.24, 2.45) is 5.92 Å². The van der Waals surface area contributed by atoms with Gasteiger partial charge in [-0.25, -0.2) is 4.79 Å². The number of halogens is 1. The Labute approximate surface area is 145 Å². The van der Waals surface area contributed by atoms with Crippen LogP contribution in [0.25, 0.3) is 0 Å². The van der Waals surface area contributed by atoms with Gasteiger partial charge < -0.3 is 15.7 Å². The number of carbonyl (C=O) groups is 1. The maximum Gasteiger partial charge on any atom is 0.319 e. The Morgan fingerprint density at radius 2 is 2.12 bits per heavy atom. The number of aliphatic hydroxyl groups is 1. The lowest BCUT2D eigenvalue weighted by Crippen LogP contribution is -2.36. The van der Waals surface area contributed by atoms with Gasteiger partial charge in [-0.3, -0.25) is 4.68 Å². The van der Waals surface area contributed by atoms with Gasteiger partial charge in [0.2, 0.25) is 0 Å². The average Bonchev–Trinajstić information content (AvgIpc) is 3.19. The molecule has 1 aliphatic carbocycles. The van der Waals surface area contributed by atoms with Crippen LogP contribution in [0, 0.1) is 5.92 Å². The molecule has 24 heavy (non-hydrogen) atoms. The van der Waals surface area contributed by atoms with Gasteiger partial charge in [-0.15, -0.1) is 0 Å². The van der Waals surface area contributed by atoms with E-state index in [1.165, 1.54) is 0 Å². The molecule has 0 radical (unpaired) electrons. The van der Waals surface area contributed by atoms with Crippen LogP contribution in [0.1, 0.15) is 12.0 Å². The first-order valence-corrected chi connectivity index (χ1v) is 8.14. The summed E-state index contributed by atoms with van der Waals surface area (Å²) >= 11 is 5.87. The molecular formula is C17H19ClN4O2. The summed E-state index contributed by atoms with van der Waals surface area (Å²) in [5.41, 5.74) is 1.70. The van der Waals surface area contributed by atoms with Gasteiger partial charge in [0.05, 0.1) is 18.4 Å². The van der Waals surface area contributed by atoms with Crippen LogP contribution < -0.4 is 10.6 Å². The van der Waals surface area contributed by atoms with Gasteiger partial charge in [0.1, 0.15) is 0 Å². The van der Waals surface area contributed by atoms with Gasteiger partial charge in [0, 0.05) is 29.8 Å². The zero-order chi connectivity index (χ0) is 16.9. The fourth-order valence-corrected chi connectivity index (χ4v) is 2.77. The molecule has 1 heterocycles. The van der Waals surface area contributed by atoms with Crippen LogP contribution >= 0.6 is 11.6 Å². The highest BCUT2D eigenvalue weighted by molar-refractivity contribution is 6.30. The van der Waals surface area contributed by atoms with E-state index >= 15 is 0 Å². The molecule has 0 fully saturated rings. The predicted molar refractivity (Wildman–Crippen MR) is 93.1 cm³/mol. The lowest BCUT2D eigenvalue weighted by atomic mass is 10.1. The molecule has 2 atom stereocenters. The van der Waals surface area contributed by atoms with Gasteiger partial charge in [-0.2, -0.15) is 5.10 Å². The summed E-state index contributed by atoms with van der Waals surface area (Å²) in [5.74, 6) is 0.123. The Kier molecular flexibility index (Phi) is 5.17. The van der Waals surface area contributed by atoms with Crippen molar-refractivity contribution in [3.05, 3.63) is 59.4 Å². The number of aliphatic hydroxyl groups excluding tert-OH is 1. The second-order valence-electron chi connectivity index (χ2n) is 5.82. The summed E-state index contributed by atoms with van der Waals surface area (Å²) in [6.45, 7) is 0.706. The third-order valence-corrected chi connectivity index (χ3v) is 4.12. The van der Waals surface area contributed by atoms with Crippen molar-refractivity contribution in [1.82, 2.24) is 15.1 Å². The number of hydrogen-bond donors (Lipinski definition) is 3. The molecule has 0 bridgehead atoms. The van der Waals surface area contributed by atoms with Crippen LogP contribution in [0.5, 0.6) is 0 Å². The van der Waals surface area contributed by atoms with Crippen molar-refractivity contribution >= 4 is 23.3 Å². The van der Waals surface area contributed by atoms with Crippen molar-refractivity contribution in [2.45, 2.75) is 19.0 Å². The van der Waals surface area contributed by atoms with Crippen LogP contribution in [-0.2, 0) is 6.54 Å². The molecule has 0 unspecified atom stereocenters. The molecule has 3 rings (SSSR count). The van der Waals surface area contributed by atoms with E-state index in [0.717, 1.165) is 12.0 Å². The van der Waals surface area contributed by atoms with Crippen molar-refractivity contribution < 1.29 is 9.90 Å². The van der Waals surface area contributed by atoms with Crippen molar-refractivity contribution in [3.8, 4) is 0 Å². The van der Waals surface area contributed by atoms with E-state index in [1.807, 2.05) is 36.4 Å². The zero-order valence-electron chi connectivity index (χ0n) is 13.0. The van der Waals surface area contributed by atoms with Crippen LogP contribution in [0.15, 0.2) is 48.8 Å². The minimum atomic E-state index is -0.283. The number of anilines is 1. The predicted octanol–water partition coefficient (Wildman–Crippen LogP) is 2.64. The van der Waals surface area contributed by atoms with E-state index < -0.39 is 0 Å². The van der Waals surface area contributed by atoms with E-state index in [9.17, 15) is 4.79 Å². The third-order valence-electron chi connectivity index (χ3n) is 3.87. The standard InChI is InChI=1S/C17H19ClN4O2/c18-14-4-1-12(2-5-14)9-22-10-16(8-19-22)21-17(24)20-15-6-3-13(7-15)11-23/h1-6,8,10,13,15,23H,7,9,11H2,(H2,20,21,24)/t13-,15+/m0/s1. The number of rotatable bonds is 5. The summed E-state index contributed by atoms with van der Waals surface area (Å²) < 4.78 is 1.75. The number of hydrogen-bond acceptors (Lipinski definition) is 3. The molecule has 0 saturated carbocycles. The highest BCUT2D eigenvalue weighted by atomic mass is 35.5. The number of carbonyl (C=O) groups excluding carboxylic acids is 1. The lowest BCUT2D eigenvalue weighted by molar-refractivity contribution is 0.238. The molecule has 6 nitrogen and oxygen atoms in total. The van der Waals surface area contributed by atoms with Crippen LogP contribution in [0.2, 0.25) is 5.02 Å². The maximum atomic E-state index is 12.0. The molecule has 1 aromatic carbocycles. The van der Waals surface area contributed by atoms with Crippen molar-refractivity contribution in [2.75, 3.05) is 11.9 Å². The molecule has 0 spiro atoms. The lowest BCUT2D eigenvalue weighted by Gasteiger charge is -2.12. The number of nitrogens with one attached hydrogen (secondary N) is 2. The maximum absolute atomic E-state index is 12.0. The Morgan fingerprint density at radius 3 is 2.83 bits per heavy atom. The smallest absolute Gasteiger partial charge is 0.319 e. The van der Waals surface area contributed by atoms with E-state index in [-0.39, 0.29) is 24.6 Å². The highest BCUT2D eigenvalue weighted by Gasteiger charge is 2.19. The Bertz CT molecular complexity index is 726. The average molecular weight is 347 g/mol. The molecule has 3 N–H and O–H groups in total. The number of aromatic nitrogens is 2. The Hall–Kier alpha value is -2.31. The van der Waals surface area contributed by atoms with Gasteiger partial charge in [-0.05, 0) is 24.1 Å². The van der Waals surface area contributed by atoms with Crippen molar-refractivity contribution in [3.63, 3.8) is 0 Å². The van der Waals surface area contributed by atoms with Crippen LogP contribution in [0.3, 0.4) is 0 Å². The summed E-state index contributed by atoms with van der Waals surface area (Å²) in [7, 11) is 0. The van der Waals surface area contributed by atoms with Crippen LogP contribution in [-0.4, -0.2) is 33.6 Å². The highest BCUT2D eigenvalue weighted by Crippen LogP contribution is 2.17. The van der Waals surface area contributed by atoms with Gasteiger partial charge in [-0.1, -0.05) is 35.9 Å². The largest absolute Gasteiger partial charge is 0.396 e. The van der Waals surface area contributed by atoms with E-state index in [4.69, 9.17) is 16.7 Å². The number of urea groups is 1. The minimum Gasteiger partial charge on any atom is -0.396 e. The minimum absolute atomic E-state index is 0.0498. The van der Waals surface area contributed by atoms with Gasteiger partial charge in [0.25, 0.3) is 0 Å². The molecule has 0 aliphatic heterocycles. The normalized spacial score (nSPS) is 19.4. The Morgan fingerprint density at radius 1 is 1.33 bits per heavy atom. The summed E-state index contributed by atoms with van der Waals surface area (Å²) in [6, 6.07) is 7.21. The number of amides is 2. The number of nitrogens with zero attached hydrogens (tertiary/aromatic N) is 2. The monoisotopic (exact) mass is 346 g/mol. The van der Waals surface area contributed by atoms with Crippen molar-refractivity contribution in [1.29, 1.82) is 0 Å². The molecule has 2 aromatic rings. The zero-order valence-corrected chi connectivity index (χ0v) is 13.8. The summed E-state index contributed by atoms with van der Waals surface area (Å²) in [4.78, 5) is 12.0. The third kappa shape index (κ3) is 4.37. The molecule has 0 saturated heterocycles. The SMILES string of the molecule is O=C(Nc1cnn(Cc2ccc(Cl)cc2)c1)N[C@@H]1C=C[C@H](CO)C1. The van der Waals surface area contributed by atoms with E-state index in [0.29, 0.717) is 17.3 Å². The Balaban J connectivity index is 1.51. The second-order valence-corrected chi connectivity index (χ2v) is 6.26. The quantitative estimate of drug-likeness (QED) is 0.728. The van der Waals surface area contributed by atoms with E-state index in [1.54, 1.807) is 17.1 Å². The van der Waals surface area contributed by atoms with Crippen LogP contribution in [0.4, 0.5) is 10.5 Å². The van der Waals surface area contributed by atoms with Gasteiger partial charge in [0.15, 0.2) is 0 Å². The molecule has 1 aromatic heterocycles. The molecule has 2 amide bonds. The fraction of sp³-hybridized carbons (Fsp3) is 0.294.